The molecular weight excluding hydrogens is 230 g/mol. The number of benzene rings is 2. The van der Waals surface area contributed by atoms with Gasteiger partial charge in [-0.25, -0.2) is 0 Å². The Hall–Kier alpha value is -0.730. The molecule has 0 amide bonds. The van der Waals surface area contributed by atoms with Crippen molar-refractivity contribution in [3.05, 3.63) is 36.4 Å². The maximum atomic E-state index is 5.78. The molecule has 0 spiro atoms. The summed E-state index contributed by atoms with van der Waals surface area (Å²) in [5.41, 5.74) is 1.62. The van der Waals surface area contributed by atoms with Crippen molar-refractivity contribution in [3.63, 3.8) is 0 Å². The zero-order valence-electron chi connectivity index (χ0n) is 8.44. The third-order valence-corrected chi connectivity index (χ3v) is 4.90. The number of hydrogen-bond acceptors (Lipinski definition) is 2. The minimum Gasteiger partial charge on any atom is -0.0955 e. The molecule has 0 saturated heterocycles. The summed E-state index contributed by atoms with van der Waals surface area (Å²) < 4.78 is 0. The van der Waals surface area contributed by atoms with Crippen molar-refractivity contribution in [2.75, 3.05) is 0 Å². The molecule has 0 fully saturated rings. The summed E-state index contributed by atoms with van der Waals surface area (Å²) in [6.07, 6.45) is 0. The first kappa shape index (κ1) is 10.4. The van der Waals surface area contributed by atoms with E-state index in [9.17, 15) is 0 Å². The molecule has 0 unspecified atom stereocenters. The van der Waals surface area contributed by atoms with Crippen LogP contribution in [0.2, 0.25) is 0 Å². The largest absolute Gasteiger partial charge is 0.113 e. The smallest absolute Gasteiger partial charge is 0.0955 e. The van der Waals surface area contributed by atoms with Gasteiger partial charge in [0.05, 0.1) is 0 Å². The molecule has 3 rings (SSSR count). The molecule has 72 valence electrons. The summed E-state index contributed by atoms with van der Waals surface area (Å²) in [7, 11) is 11.6. The maximum absolute atomic E-state index is 5.78. The van der Waals surface area contributed by atoms with Gasteiger partial charge >= 0.3 is 0 Å². The monoisotopic (exact) mass is 236 g/mol. The van der Waals surface area contributed by atoms with Crippen molar-refractivity contribution in [2.45, 2.75) is 19.6 Å². The Balaban J connectivity index is 2.09. The van der Waals surface area contributed by atoms with Crippen LogP contribution in [-0.4, -0.2) is 15.7 Å². The summed E-state index contributed by atoms with van der Waals surface area (Å²) in [6.45, 7) is 0. The summed E-state index contributed by atoms with van der Waals surface area (Å²) in [4.78, 5) is 4.94. The molecule has 0 aliphatic carbocycles. The van der Waals surface area contributed by atoms with Crippen LogP contribution in [0.1, 0.15) is 0 Å². The van der Waals surface area contributed by atoms with E-state index in [0.717, 1.165) is 10.9 Å². The third-order valence-electron chi connectivity index (χ3n) is 2.38. The Morgan fingerprint density at radius 2 is 1.06 bits per heavy atom. The molecule has 0 N–H and O–H groups in total. The van der Waals surface area contributed by atoms with Gasteiger partial charge in [0.2, 0.25) is 0 Å². The summed E-state index contributed by atoms with van der Waals surface area (Å²) in [6, 6.07) is 12.0. The summed E-state index contributed by atoms with van der Waals surface area (Å²) in [5, 5.41) is 0. The Morgan fingerprint density at radius 3 is 1.50 bits per heavy atom. The molecule has 0 nitrogen and oxygen atoms in total. The zero-order chi connectivity index (χ0) is 11.1. The van der Waals surface area contributed by atoms with E-state index in [-0.39, 0.29) is 0 Å². The molecule has 1 aliphatic heterocycles. The summed E-state index contributed by atoms with van der Waals surface area (Å²) in [5.74, 6) is 0. The van der Waals surface area contributed by atoms with Crippen molar-refractivity contribution >= 4 is 50.1 Å². The van der Waals surface area contributed by atoms with Gasteiger partial charge in [0.1, 0.15) is 15.7 Å². The second kappa shape index (κ2) is 3.94. The van der Waals surface area contributed by atoms with E-state index in [0.29, 0.717) is 0 Å². The molecule has 0 saturated carbocycles. The Morgan fingerprint density at radius 1 is 0.625 bits per heavy atom. The Kier molecular flexibility index (Phi) is 2.56. The molecule has 1 heterocycles. The van der Waals surface area contributed by atoms with Gasteiger partial charge in [0, 0.05) is 19.6 Å². The molecule has 4 radical (unpaired) electrons. The van der Waals surface area contributed by atoms with Crippen LogP contribution >= 0.6 is 23.5 Å². The average Bonchev–Trinajstić information content (AvgIpc) is 2.26. The van der Waals surface area contributed by atoms with Gasteiger partial charge < -0.3 is 0 Å². The topological polar surface area (TPSA) is 0 Å². The van der Waals surface area contributed by atoms with Crippen LogP contribution < -0.4 is 10.9 Å². The highest BCUT2D eigenvalue weighted by Crippen LogP contribution is 2.47. The van der Waals surface area contributed by atoms with Crippen LogP contribution in [0.3, 0.4) is 0 Å². The van der Waals surface area contributed by atoms with Gasteiger partial charge in [-0.05, 0) is 12.1 Å². The number of rotatable bonds is 0. The van der Waals surface area contributed by atoms with E-state index in [4.69, 9.17) is 15.7 Å². The van der Waals surface area contributed by atoms with Gasteiger partial charge in [-0.1, -0.05) is 58.7 Å². The fourth-order valence-electron chi connectivity index (χ4n) is 1.61. The van der Waals surface area contributed by atoms with E-state index in [1.807, 2.05) is 24.3 Å². The minimum atomic E-state index is 0.811. The molecule has 16 heavy (non-hydrogen) atoms. The highest BCUT2D eigenvalue weighted by atomic mass is 32.2. The standard InChI is InChI=1S/C12H6B2S2/c13-7-1-3-9-11(5-7)16-10-4-2-8(14)6-12(10)15-9/h1-6H. The molecule has 2 aromatic rings. The zero-order valence-corrected chi connectivity index (χ0v) is 10.1. The van der Waals surface area contributed by atoms with E-state index in [1.165, 1.54) is 19.6 Å². The van der Waals surface area contributed by atoms with Crippen LogP contribution in [0.15, 0.2) is 56.0 Å². The lowest BCUT2D eigenvalue weighted by molar-refractivity contribution is 1.17. The fraction of sp³-hybridized carbons (Fsp3) is 0. The molecule has 2 aromatic carbocycles. The lowest BCUT2D eigenvalue weighted by Gasteiger charge is -2.19. The first-order chi connectivity index (χ1) is 7.72. The maximum Gasteiger partial charge on any atom is 0.113 e. The highest BCUT2D eigenvalue weighted by Gasteiger charge is 2.16. The van der Waals surface area contributed by atoms with E-state index >= 15 is 0 Å². The fourth-order valence-corrected chi connectivity index (χ4v) is 3.91. The van der Waals surface area contributed by atoms with Gasteiger partial charge in [-0.3, -0.25) is 0 Å². The van der Waals surface area contributed by atoms with E-state index in [1.54, 1.807) is 23.5 Å². The molecule has 0 aromatic heterocycles. The van der Waals surface area contributed by atoms with Crippen LogP contribution in [0.4, 0.5) is 0 Å². The normalized spacial score (nSPS) is 13.0. The highest BCUT2D eigenvalue weighted by molar-refractivity contribution is 8.05. The second-order valence-electron chi connectivity index (χ2n) is 3.62. The molecule has 0 atom stereocenters. The third kappa shape index (κ3) is 1.80. The molecule has 4 heteroatoms. The lowest BCUT2D eigenvalue weighted by Crippen LogP contribution is -2.05. The average molecular weight is 236 g/mol. The van der Waals surface area contributed by atoms with Gasteiger partial charge in [0.25, 0.3) is 0 Å². The summed E-state index contributed by atoms with van der Waals surface area (Å²) >= 11 is 3.50. The van der Waals surface area contributed by atoms with Crippen molar-refractivity contribution < 1.29 is 0 Å². The second-order valence-corrected chi connectivity index (χ2v) is 5.78. The van der Waals surface area contributed by atoms with Crippen LogP contribution in [0.5, 0.6) is 0 Å². The lowest BCUT2D eigenvalue weighted by atomic mass is 9.97. The van der Waals surface area contributed by atoms with Crippen molar-refractivity contribution in [3.8, 4) is 0 Å². The molecule has 0 bridgehead atoms. The van der Waals surface area contributed by atoms with E-state index < -0.39 is 0 Å². The van der Waals surface area contributed by atoms with Crippen LogP contribution in [0, 0.1) is 0 Å². The van der Waals surface area contributed by atoms with Crippen molar-refractivity contribution in [1.29, 1.82) is 0 Å². The first-order valence-electron chi connectivity index (χ1n) is 4.87. The minimum absolute atomic E-state index is 0.811. The van der Waals surface area contributed by atoms with Crippen LogP contribution in [-0.2, 0) is 0 Å². The van der Waals surface area contributed by atoms with Gasteiger partial charge in [0.15, 0.2) is 0 Å². The van der Waals surface area contributed by atoms with Gasteiger partial charge in [-0.2, -0.15) is 0 Å². The van der Waals surface area contributed by atoms with Gasteiger partial charge in [-0.15, -0.1) is 0 Å². The van der Waals surface area contributed by atoms with E-state index in [2.05, 4.69) is 12.1 Å². The van der Waals surface area contributed by atoms with Crippen molar-refractivity contribution in [1.82, 2.24) is 0 Å². The molecule has 1 aliphatic rings. The number of hydrogen-bond donors (Lipinski definition) is 0. The quantitative estimate of drug-likeness (QED) is 0.546. The predicted molar refractivity (Wildman–Crippen MR) is 71.9 cm³/mol. The van der Waals surface area contributed by atoms with Crippen molar-refractivity contribution in [2.24, 2.45) is 0 Å². The Labute approximate surface area is 106 Å². The molecular formula is C12H6B2S2. The first-order valence-corrected chi connectivity index (χ1v) is 6.50. The predicted octanol–water partition coefficient (Wildman–Crippen LogP) is 1.89. The Bertz CT molecular complexity index is 515. The number of fused-ring (bicyclic) bond motifs is 2. The SMILES string of the molecule is [B]c1ccc2c(c1)Sc1ccc([B])cc1S2. The van der Waals surface area contributed by atoms with Crippen LogP contribution in [0.25, 0.3) is 0 Å².